The molecule has 0 radical (unpaired) electrons. The average Bonchev–Trinajstić information content (AvgIpc) is 3.15. The van der Waals surface area contributed by atoms with Gasteiger partial charge in [-0.25, -0.2) is 0 Å². The average molecular weight is 631 g/mol. The Morgan fingerprint density at radius 1 is 1.11 bits per heavy atom. The number of nitrogens with zero attached hydrogens (tertiary/aromatic N) is 2. The van der Waals surface area contributed by atoms with E-state index in [0.29, 0.717) is 54.7 Å². The van der Waals surface area contributed by atoms with Crippen LogP contribution >= 0.6 is 11.3 Å². The van der Waals surface area contributed by atoms with Crippen molar-refractivity contribution < 1.29 is 27.4 Å². The number of carbonyl (C=O) groups excluding carboxylic acids is 1. The minimum Gasteiger partial charge on any atom is -0.381 e. The molecule has 4 heterocycles. The number of anilines is 1. The Morgan fingerprint density at radius 3 is 2.80 bits per heavy atom. The van der Waals surface area contributed by atoms with E-state index in [2.05, 4.69) is 39.4 Å². The van der Waals surface area contributed by atoms with Crippen LogP contribution in [0.25, 0.3) is 10.1 Å². The van der Waals surface area contributed by atoms with Gasteiger partial charge in [-0.2, -0.15) is 13.2 Å². The molecule has 7 nitrogen and oxygen atoms in total. The number of allylic oxidation sites excluding steroid dienone is 1. The molecule has 2 unspecified atom stereocenters. The van der Waals surface area contributed by atoms with E-state index in [0.717, 1.165) is 55.6 Å². The molecule has 2 N–H and O–H groups in total. The fourth-order valence-corrected chi connectivity index (χ4v) is 7.33. The molecule has 1 aromatic heterocycles. The van der Waals surface area contributed by atoms with Crippen LogP contribution in [0.3, 0.4) is 0 Å². The van der Waals surface area contributed by atoms with Gasteiger partial charge in [0.15, 0.2) is 0 Å². The molecule has 3 atom stereocenters. The van der Waals surface area contributed by atoms with Crippen molar-refractivity contribution in [3.05, 3.63) is 40.3 Å². The number of nitrogens with one attached hydrogen (secondary N) is 2. The van der Waals surface area contributed by atoms with Gasteiger partial charge in [-0.15, -0.1) is 11.3 Å². The Hall–Kier alpha value is -2.91. The minimum absolute atomic E-state index is 0.0205. The van der Waals surface area contributed by atoms with Gasteiger partial charge < -0.3 is 25.0 Å². The number of hydrogen-bond acceptors (Lipinski definition) is 7. The van der Waals surface area contributed by atoms with Gasteiger partial charge in [-0.1, -0.05) is 30.0 Å². The number of rotatable bonds is 1. The minimum atomic E-state index is -4.38. The highest BCUT2D eigenvalue weighted by Crippen LogP contribution is 2.40. The van der Waals surface area contributed by atoms with Gasteiger partial charge in [0.05, 0.1) is 47.0 Å². The van der Waals surface area contributed by atoms with E-state index in [1.54, 1.807) is 12.3 Å². The third-order valence-corrected chi connectivity index (χ3v) is 9.61. The number of alkyl halides is 3. The second kappa shape index (κ2) is 15.4. The van der Waals surface area contributed by atoms with Gasteiger partial charge in [-0.05, 0) is 74.5 Å². The van der Waals surface area contributed by atoms with Crippen LogP contribution in [0.1, 0.15) is 42.5 Å². The van der Waals surface area contributed by atoms with Gasteiger partial charge in [0, 0.05) is 38.6 Å². The lowest BCUT2D eigenvalue weighted by atomic mass is 9.89. The molecule has 0 spiro atoms. The molecule has 0 saturated carbocycles. The molecule has 4 bridgehead atoms. The molecule has 5 rings (SSSR count). The van der Waals surface area contributed by atoms with Crippen molar-refractivity contribution >= 4 is 39.2 Å². The highest BCUT2D eigenvalue weighted by molar-refractivity contribution is 7.20. The second-order valence-electron chi connectivity index (χ2n) is 11.8. The first kappa shape index (κ1) is 32.5. The lowest BCUT2D eigenvalue weighted by molar-refractivity contribution is -0.127. The van der Waals surface area contributed by atoms with Gasteiger partial charge in [0.1, 0.15) is 0 Å². The highest BCUT2D eigenvalue weighted by Gasteiger charge is 2.32. The number of likely N-dealkylation sites (tertiary alicyclic amines) is 1. The zero-order valence-electron chi connectivity index (χ0n) is 25.2. The summed E-state index contributed by atoms with van der Waals surface area (Å²) in [5, 5.41) is 7.06. The van der Waals surface area contributed by atoms with Crippen LogP contribution < -0.4 is 10.6 Å². The van der Waals surface area contributed by atoms with Crippen LogP contribution in [0, 0.1) is 23.7 Å². The fraction of sp³-hybridized carbons (Fsp3) is 0.576. The largest absolute Gasteiger partial charge is 0.393 e. The third-order valence-electron chi connectivity index (χ3n) is 8.42. The zero-order chi connectivity index (χ0) is 30.9. The van der Waals surface area contributed by atoms with E-state index in [1.165, 1.54) is 11.3 Å². The van der Waals surface area contributed by atoms with Crippen LogP contribution in [0.4, 0.5) is 18.9 Å². The van der Waals surface area contributed by atoms with Crippen LogP contribution in [-0.4, -0.2) is 88.9 Å². The SMILES string of the molecule is CN1CC[C@H]2Nc3cccc4c(CC(F)(F)F)c(sc34)C#CCNC(=O)C3=CC(CCCOCCOCCC2C1)CCN=C3. The Labute approximate surface area is 261 Å². The second-order valence-corrected chi connectivity index (χ2v) is 12.8. The number of ether oxygens (including phenoxy) is 2. The van der Waals surface area contributed by atoms with E-state index in [4.69, 9.17) is 9.47 Å². The molecule has 238 valence electrons. The topological polar surface area (TPSA) is 75.2 Å². The summed E-state index contributed by atoms with van der Waals surface area (Å²) in [4.78, 5) is 20.0. The number of hydrogen-bond donors (Lipinski definition) is 2. The maximum absolute atomic E-state index is 13.7. The van der Waals surface area contributed by atoms with Crippen molar-refractivity contribution in [3.63, 3.8) is 0 Å². The van der Waals surface area contributed by atoms with E-state index >= 15 is 0 Å². The molecule has 11 heteroatoms. The highest BCUT2D eigenvalue weighted by atomic mass is 32.1. The molecule has 1 fully saturated rings. The lowest BCUT2D eigenvalue weighted by Crippen LogP contribution is -2.45. The number of aliphatic imine (C=N–C) groups is 1. The summed E-state index contributed by atoms with van der Waals surface area (Å²) < 4.78 is 53.7. The maximum atomic E-state index is 13.7. The fourth-order valence-electron chi connectivity index (χ4n) is 6.16. The normalized spacial score (nSPS) is 25.0. The van der Waals surface area contributed by atoms with Crippen molar-refractivity contribution in [2.45, 2.75) is 50.7 Å². The van der Waals surface area contributed by atoms with Crippen LogP contribution in [-0.2, 0) is 20.7 Å². The summed E-state index contributed by atoms with van der Waals surface area (Å²) in [5.74, 6) is 6.11. The van der Waals surface area contributed by atoms with E-state index < -0.39 is 12.6 Å². The first-order valence-corrected chi connectivity index (χ1v) is 16.3. The van der Waals surface area contributed by atoms with Crippen molar-refractivity contribution in [1.82, 2.24) is 10.2 Å². The third kappa shape index (κ3) is 9.07. The van der Waals surface area contributed by atoms with Crippen molar-refractivity contribution in [3.8, 4) is 11.8 Å². The number of thiophene rings is 1. The Balaban J connectivity index is 1.43. The summed E-state index contributed by atoms with van der Waals surface area (Å²) >= 11 is 1.28. The molecule has 3 aliphatic heterocycles. The Morgan fingerprint density at radius 2 is 1.95 bits per heavy atom. The van der Waals surface area contributed by atoms with Crippen LogP contribution in [0.15, 0.2) is 34.8 Å². The van der Waals surface area contributed by atoms with Crippen molar-refractivity contribution in [1.29, 1.82) is 0 Å². The Kier molecular flexibility index (Phi) is 11.4. The lowest BCUT2D eigenvalue weighted by Gasteiger charge is -2.38. The summed E-state index contributed by atoms with van der Waals surface area (Å²) in [7, 11) is 2.12. The molecule has 1 aromatic carbocycles. The number of fused-ring (bicyclic) bond motifs is 3. The predicted molar refractivity (Wildman–Crippen MR) is 170 cm³/mol. The molecular weight excluding hydrogens is 589 g/mol. The molecule has 0 aliphatic carbocycles. The van der Waals surface area contributed by atoms with Gasteiger partial charge in [0.2, 0.25) is 0 Å². The quantitative estimate of drug-likeness (QED) is 0.411. The van der Waals surface area contributed by atoms with E-state index in [9.17, 15) is 18.0 Å². The van der Waals surface area contributed by atoms with E-state index in [1.807, 2.05) is 18.2 Å². The smallest absolute Gasteiger partial charge is 0.381 e. The van der Waals surface area contributed by atoms with Crippen LogP contribution in [0.2, 0.25) is 0 Å². The number of amides is 1. The number of benzene rings is 1. The van der Waals surface area contributed by atoms with Gasteiger partial charge >= 0.3 is 6.18 Å². The molecule has 1 saturated heterocycles. The molecule has 3 aliphatic rings. The Bertz CT molecular complexity index is 1410. The number of piperidine rings is 1. The standard InChI is InChI=1S/C33H41F3N4O3S/c1-40-14-10-28-24(22-40)11-16-43-18-17-42-15-4-5-23-9-13-37-21-25(19-23)32(41)38-12-3-8-30-27(20-33(34,35)36)26-6-2-7-29(39-28)31(26)44-30/h2,6-7,19,21,23-24,28,39H,4-5,9-18,20,22H2,1H3,(H,38,41)/t23?,24?,28-/m1/s1. The van der Waals surface area contributed by atoms with E-state index in [-0.39, 0.29) is 30.0 Å². The summed E-state index contributed by atoms with van der Waals surface area (Å²) in [6.07, 6.45) is 2.54. The zero-order valence-corrected chi connectivity index (χ0v) is 26.0. The molecule has 1 amide bonds. The monoisotopic (exact) mass is 630 g/mol. The van der Waals surface area contributed by atoms with Gasteiger partial charge in [-0.3, -0.25) is 9.79 Å². The summed E-state index contributed by atoms with van der Waals surface area (Å²) in [6.45, 7) is 4.85. The first-order chi connectivity index (χ1) is 21.3. The van der Waals surface area contributed by atoms with Crippen molar-refractivity contribution in [2.24, 2.45) is 16.8 Å². The summed E-state index contributed by atoms with van der Waals surface area (Å²) in [6, 6.07) is 5.66. The summed E-state index contributed by atoms with van der Waals surface area (Å²) in [5.41, 5.74) is 1.50. The molecule has 44 heavy (non-hydrogen) atoms. The van der Waals surface area contributed by atoms with Crippen molar-refractivity contribution in [2.75, 3.05) is 65.0 Å². The molecular formula is C33H41F3N4O3S. The maximum Gasteiger partial charge on any atom is 0.393 e. The van der Waals surface area contributed by atoms with Crippen LogP contribution in [0.5, 0.6) is 0 Å². The van der Waals surface area contributed by atoms with Gasteiger partial charge in [0.25, 0.3) is 5.91 Å². The number of halogens is 3. The predicted octanol–water partition coefficient (Wildman–Crippen LogP) is 5.44. The first-order valence-electron chi connectivity index (χ1n) is 15.5. The molecule has 2 aromatic rings. The number of carbonyl (C=O) groups is 1.